The van der Waals surface area contributed by atoms with Crippen molar-refractivity contribution in [3.63, 3.8) is 0 Å². The van der Waals surface area contributed by atoms with Crippen molar-refractivity contribution < 1.29 is 14.1 Å². The Morgan fingerprint density at radius 3 is 2.63 bits per heavy atom. The average molecular weight is 406 g/mol. The number of esters is 1. The fraction of sp³-hybridized carbons (Fsp3) is 0.348. The molecule has 1 aliphatic rings. The summed E-state index contributed by atoms with van der Waals surface area (Å²) in [6, 6.07) is 15.9. The number of methoxy groups -OCH3 is 1. The molecule has 0 amide bonds. The summed E-state index contributed by atoms with van der Waals surface area (Å²) < 4.78 is 10.3. The fourth-order valence-corrected chi connectivity index (χ4v) is 3.82. The number of piperazine rings is 1. The Bertz CT molecular complexity index is 1020. The van der Waals surface area contributed by atoms with Crippen molar-refractivity contribution >= 4 is 11.7 Å². The molecule has 1 aliphatic heterocycles. The van der Waals surface area contributed by atoms with Gasteiger partial charge in [0.05, 0.1) is 19.2 Å². The van der Waals surface area contributed by atoms with Gasteiger partial charge in [0.15, 0.2) is 0 Å². The number of carbonyl (C=O) groups is 1. The van der Waals surface area contributed by atoms with Gasteiger partial charge in [0.25, 0.3) is 0 Å². The van der Waals surface area contributed by atoms with Gasteiger partial charge in [-0.05, 0) is 43.7 Å². The van der Waals surface area contributed by atoms with Gasteiger partial charge >= 0.3 is 5.97 Å². The van der Waals surface area contributed by atoms with Crippen LogP contribution in [0.15, 0.2) is 53.1 Å². The first kappa shape index (κ1) is 20.1. The SMILES string of the molecule is COC(=O)c1ccc(N2CCN(Cc3nc(-c4ccccc4C)no3)C(C)C2)cc1. The Balaban J connectivity index is 1.38. The highest BCUT2D eigenvalue weighted by atomic mass is 16.5. The van der Waals surface area contributed by atoms with E-state index in [2.05, 4.69) is 26.9 Å². The van der Waals surface area contributed by atoms with Crippen molar-refractivity contribution in [1.29, 1.82) is 0 Å². The molecule has 1 fully saturated rings. The molecule has 7 heteroatoms. The second-order valence-electron chi connectivity index (χ2n) is 7.63. The topological polar surface area (TPSA) is 71.7 Å². The molecule has 0 saturated carbocycles. The summed E-state index contributed by atoms with van der Waals surface area (Å²) in [5.74, 6) is 0.959. The Morgan fingerprint density at radius 1 is 1.17 bits per heavy atom. The van der Waals surface area contributed by atoms with Gasteiger partial charge in [-0.1, -0.05) is 29.4 Å². The standard InChI is InChI=1S/C23H26N4O3/c1-16-6-4-5-7-20(16)22-24-21(30-25-22)15-26-12-13-27(14-17(26)2)19-10-8-18(9-11-19)23(28)29-3/h4-11,17H,12-15H2,1-3H3. The molecule has 1 saturated heterocycles. The zero-order valence-electron chi connectivity index (χ0n) is 17.5. The van der Waals surface area contributed by atoms with Crippen molar-refractivity contribution in [3.8, 4) is 11.4 Å². The Kier molecular flexibility index (Phi) is 5.81. The molecule has 2 aromatic carbocycles. The Morgan fingerprint density at radius 2 is 1.93 bits per heavy atom. The molecule has 0 aliphatic carbocycles. The lowest BCUT2D eigenvalue weighted by molar-refractivity contribution is 0.0600. The fourth-order valence-electron chi connectivity index (χ4n) is 3.82. The average Bonchev–Trinajstić information content (AvgIpc) is 3.23. The number of rotatable bonds is 5. The lowest BCUT2D eigenvalue weighted by Crippen LogP contribution is -2.51. The van der Waals surface area contributed by atoms with Gasteiger partial charge in [-0.3, -0.25) is 4.90 Å². The number of aryl methyl sites for hydroxylation is 1. The zero-order chi connectivity index (χ0) is 21.1. The van der Waals surface area contributed by atoms with Gasteiger partial charge in [-0.2, -0.15) is 4.98 Å². The van der Waals surface area contributed by atoms with Gasteiger partial charge in [0, 0.05) is 36.9 Å². The summed E-state index contributed by atoms with van der Waals surface area (Å²) >= 11 is 0. The quantitative estimate of drug-likeness (QED) is 0.600. The summed E-state index contributed by atoms with van der Waals surface area (Å²) in [5, 5.41) is 4.17. The van der Waals surface area contributed by atoms with E-state index >= 15 is 0 Å². The van der Waals surface area contributed by atoms with Gasteiger partial charge in [-0.25, -0.2) is 4.79 Å². The van der Waals surface area contributed by atoms with Crippen LogP contribution in [0.1, 0.15) is 28.7 Å². The summed E-state index contributed by atoms with van der Waals surface area (Å²) in [5.41, 5.74) is 3.80. The van der Waals surface area contributed by atoms with E-state index in [9.17, 15) is 4.79 Å². The van der Waals surface area contributed by atoms with E-state index in [1.165, 1.54) is 7.11 Å². The number of hydrogen-bond acceptors (Lipinski definition) is 7. The Hall–Kier alpha value is -3.19. The molecule has 156 valence electrons. The molecule has 4 rings (SSSR count). The third kappa shape index (κ3) is 4.21. The highest BCUT2D eigenvalue weighted by molar-refractivity contribution is 5.89. The summed E-state index contributed by atoms with van der Waals surface area (Å²) in [6.07, 6.45) is 0. The van der Waals surface area contributed by atoms with Crippen molar-refractivity contribution in [3.05, 3.63) is 65.5 Å². The zero-order valence-corrected chi connectivity index (χ0v) is 17.5. The van der Waals surface area contributed by atoms with Crippen LogP contribution < -0.4 is 4.90 Å². The van der Waals surface area contributed by atoms with E-state index in [0.29, 0.717) is 29.9 Å². The van der Waals surface area contributed by atoms with Crippen LogP contribution in [0.4, 0.5) is 5.69 Å². The molecule has 1 atom stereocenters. The van der Waals surface area contributed by atoms with E-state index in [-0.39, 0.29) is 5.97 Å². The number of hydrogen-bond donors (Lipinski definition) is 0. The van der Waals surface area contributed by atoms with Crippen LogP contribution in [0.25, 0.3) is 11.4 Å². The number of benzene rings is 2. The maximum atomic E-state index is 11.6. The molecule has 0 bridgehead atoms. The molecule has 2 heterocycles. The first-order valence-electron chi connectivity index (χ1n) is 10.1. The number of aromatic nitrogens is 2. The third-order valence-corrected chi connectivity index (χ3v) is 5.61. The van der Waals surface area contributed by atoms with Crippen LogP contribution in [0.5, 0.6) is 0 Å². The smallest absolute Gasteiger partial charge is 0.337 e. The van der Waals surface area contributed by atoms with Crippen LogP contribution in [-0.2, 0) is 11.3 Å². The van der Waals surface area contributed by atoms with Crippen LogP contribution in [0.3, 0.4) is 0 Å². The van der Waals surface area contributed by atoms with E-state index in [4.69, 9.17) is 9.26 Å². The maximum Gasteiger partial charge on any atom is 0.337 e. The number of nitrogens with zero attached hydrogens (tertiary/aromatic N) is 4. The minimum absolute atomic E-state index is 0.315. The van der Waals surface area contributed by atoms with Crippen LogP contribution in [0.2, 0.25) is 0 Å². The predicted octanol–water partition coefficient (Wildman–Crippen LogP) is 3.54. The lowest BCUT2D eigenvalue weighted by atomic mass is 10.1. The molecular formula is C23H26N4O3. The largest absolute Gasteiger partial charge is 0.465 e. The van der Waals surface area contributed by atoms with E-state index < -0.39 is 0 Å². The van der Waals surface area contributed by atoms with Gasteiger partial charge < -0.3 is 14.2 Å². The third-order valence-electron chi connectivity index (χ3n) is 5.61. The number of carbonyl (C=O) groups excluding carboxylic acids is 1. The molecule has 3 aromatic rings. The molecule has 0 spiro atoms. The van der Waals surface area contributed by atoms with Crippen molar-refractivity contribution in [2.75, 3.05) is 31.6 Å². The van der Waals surface area contributed by atoms with Crippen molar-refractivity contribution in [2.24, 2.45) is 0 Å². The highest BCUT2D eigenvalue weighted by Gasteiger charge is 2.26. The minimum Gasteiger partial charge on any atom is -0.465 e. The minimum atomic E-state index is -0.315. The second kappa shape index (κ2) is 8.67. The van der Waals surface area contributed by atoms with Crippen LogP contribution in [0, 0.1) is 6.92 Å². The molecule has 0 N–H and O–H groups in total. The lowest BCUT2D eigenvalue weighted by Gasteiger charge is -2.40. The first-order valence-corrected chi connectivity index (χ1v) is 10.1. The molecular weight excluding hydrogens is 380 g/mol. The molecule has 7 nitrogen and oxygen atoms in total. The Labute approximate surface area is 176 Å². The first-order chi connectivity index (χ1) is 14.5. The predicted molar refractivity (Wildman–Crippen MR) is 114 cm³/mol. The van der Waals surface area contributed by atoms with Gasteiger partial charge in [0.1, 0.15) is 0 Å². The van der Waals surface area contributed by atoms with Crippen LogP contribution >= 0.6 is 0 Å². The van der Waals surface area contributed by atoms with Crippen LogP contribution in [-0.4, -0.2) is 53.8 Å². The van der Waals surface area contributed by atoms with Crippen molar-refractivity contribution in [1.82, 2.24) is 15.0 Å². The summed E-state index contributed by atoms with van der Waals surface area (Å²) in [6.45, 7) is 7.55. The number of ether oxygens (including phenoxy) is 1. The van der Waals surface area contributed by atoms with E-state index in [1.54, 1.807) is 0 Å². The molecule has 30 heavy (non-hydrogen) atoms. The second-order valence-corrected chi connectivity index (χ2v) is 7.63. The molecule has 0 radical (unpaired) electrons. The normalized spacial score (nSPS) is 17.2. The van der Waals surface area contributed by atoms with E-state index in [1.807, 2.05) is 55.5 Å². The molecule has 1 aromatic heterocycles. The summed E-state index contributed by atoms with van der Waals surface area (Å²) in [4.78, 5) is 20.9. The van der Waals surface area contributed by atoms with Gasteiger partial charge in [0.2, 0.25) is 11.7 Å². The highest BCUT2D eigenvalue weighted by Crippen LogP contribution is 2.23. The monoisotopic (exact) mass is 406 g/mol. The maximum absolute atomic E-state index is 11.6. The van der Waals surface area contributed by atoms with Gasteiger partial charge in [-0.15, -0.1) is 0 Å². The molecule has 1 unspecified atom stereocenters. The number of anilines is 1. The summed E-state index contributed by atoms with van der Waals surface area (Å²) in [7, 11) is 1.39. The van der Waals surface area contributed by atoms with E-state index in [0.717, 1.165) is 36.4 Å². The van der Waals surface area contributed by atoms with Crippen molar-refractivity contribution in [2.45, 2.75) is 26.4 Å².